The van der Waals surface area contributed by atoms with Crippen molar-refractivity contribution < 1.29 is 33.8 Å². The summed E-state index contributed by atoms with van der Waals surface area (Å²) < 4.78 is 5.33. The van der Waals surface area contributed by atoms with E-state index >= 15 is 0 Å². The van der Waals surface area contributed by atoms with Crippen molar-refractivity contribution in [2.45, 2.75) is 131 Å². The van der Waals surface area contributed by atoms with Gasteiger partial charge < -0.3 is 36.4 Å². The zero-order valence-corrected chi connectivity index (χ0v) is 32.7. The Morgan fingerprint density at radius 2 is 1.34 bits per heavy atom. The first-order chi connectivity index (χ1) is 23.2. The molecule has 6 atom stereocenters. The maximum atomic E-state index is 13.7. The van der Waals surface area contributed by atoms with Crippen LogP contribution in [0.25, 0.3) is 0 Å². The van der Waals surface area contributed by atoms with Crippen molar-refractivity contribution in [1.29, 1.82) is 0 Å². The van der Waals surface area contributed by atoms with Crippen LogP contribution in [0.3, 0.4) is 0 Å². The van der Waals surface area contributed by atoms with Gasteiger partial charge in [0, 0.05) is 12.5 Å². The summed E-state index contributed by atoms with van der Waals surface area (Å²) in [5.74, 6) is -2.13. The number of ether oxygens (including phenoxy) is 1. The minimum absolute atomic E-state index is 0.0387. The fourth-order valence-corrected chi connectivity index (χ4v) is 5.67. The van der Waals surface area contributed by atoms with Crippen LogP contribution in [0.1, 0.15) is 94.1 Å². The van der Waals surface area contributed by atoms with Crippen molar-refractivity contribution in [2.75, 3.05) is 12.0 Å². The number of hydrogen-bond donors (Lipinski definition) is 6. The van der Waals surface area contributed by atoms with Crippen LogP contribution >= 0.6 is 11.8 Å². The van der Waals surface area contributed by atoms with Gasteiger partial charge in [-0.1, -0.05) is 78.8 Å². The SMILES string of the molecule is CSCCC(NC(=O)[C@@H](NC(=O)OC(C)(C)C)C(C)C)C(=O)N[C@@H](CC(C)C)C(O)CC(C)C(=O)N[C@H](C(=O)NCc1ccccc1)C(C)C. The molecule has 1 aromatic carbocycles. The maximum Gasteiger partial charge on any atom is 0.408 e. The monoisotopic (exact) mass is 721 g/mol. The van der Waals surface area contributed by atoms with Gasteiger partial charge in [0.2, 0.25) is 23.6 Å². The van der Waals surface area contributed by atoms with Crippen LogP contribution in [0.15, 0.2) is 30.3 Å². The minimum Gasteiger partial charge on any atom is -0.444 e. The number of carbonyl (C=O) groups is 5. The molecule has 0 heterocycles. The van der Waals surface area contributed by atoms with E-state index in [-0.39, 0.29) is 36.0 Å². The highest BCUT2D eigenvalue weighted by atomic mass is 32.2. The number of hydrogen-bond acceptors (Lipinski definition) is 8. The first-order valence-corrected chi connectivity index (χ1v) is 19.0. The van der Waals surface area contributed by atoms with Crippen molar-refractivity contribution in [3.8, 4) is 0 Å². The molecule has 0 spiro atoms. The van der Waals surface area contributed by atoms with Gasteiger partial charge in [0.1, 0.15) is 23.7 Å². The highest BCUT2D eigenvalue weighted by molar-refractivity contribution is 7.98. The molecule has 1 aromatic rings. The van der Waals surface area contributed by atoms with Gasteiger partial charge >= 0.3 is 6.09 Å². The Morgan fingerprint density at radius 3 is 1.86 bits per heavy atom. The van der Waals surface area contributed by atoms with E-state index in [1.807, 2.05) is 64.3 Å². The van der Waals surface area contributed by atoms with Gasteiger partial charge in [0.05, 0.1) is 12.1 Å². The van der Waals surface area contributed by atoms with E-state index in [4.69, 9.17) is 4.74 Å². The number of nitrogens with one attached hydrogen (secondary N) is 5. The Labute approximate surface area is 303 Å². The van der Waals surface area contributed by atoms with Gasteiger partial charge in [0.15, 0.2) is 0 Å². The fraction of sp³-hybridized carbons (Fsp3) is 0.703. The normalized spacial score (nSPS) is 15.3. The van der Waals surface area contributed by atoms with Crippen LogP contribution in [0, 0.1) is 23.7 Å². The molecule has 13 heteroatoms. The standard InChI is InChI=1S/C37H63N5O7S/c1-22(2)19-28(29(43)20-25(7)32(44)41-30(23(3)4)34(46)38-21-26-15-13-12-14-16-26)40-33(45)27(17-18-50-11)39-35(47)31(24(5)6)42-36(48)49-37(8,9)10/h12-16,22-25,27-31,43H,17-21H2,1-11H3,(H,38,46)(H,39,47)(H,40,45)(H,41,44)(H,42,48)/t25?,27?,28-,29?,30-,31-/m0/s1. The topological polar surface area (TPSA) is 175 Å². The summed E-state index contributed by atoms with van der Waals surface area (Å²) in [5, 5.41) is 25.4. The zero-order valence-electron chi connectivity index (χ0n) is 31.9. The molecule has 0 saturated heterocycles. The molecule has 1 rings (SSSR count). The van der Waals surface area contributed by atoms with E-state index in [9.17, 15) is 29.1 Å². The summed E-state index contributed by atoms with van der Waals surface area (Å²) >= 11 is 1.52. The molecule has 0 aliphatic heterocycles. The highest BCUT2D eigenvalue weighted by Crippen LogP contribution is 2.18. The van der Waals surface area contributed by atoms with Crippen molar-refractivity contribution in [1.82, 2.24) is 26.6 Å². The molecule has 6 N–H and O–H groups in total. The first kappa shape index (κ1) is 44.7. The highest BCUT2D eigenvalue weighted by Gasteiger charge is 2.33. The van der Waals surface area contributed by atoms with E-state index in [0.717, 1.165) is 5.56 Å². The Hall–Kier alpha value is -3.32. The van der Waals surface area contributed by atoms with Crippen molar-refractivity contribution in [3.63, 3.8) is 0 Å². The first-order valence-electron chi connectivity index (χ1n) is 17.6. The Kier molecular flexibility index (Phi) is 19.5. The van der Waals surface area contributed by atoms with Crippen LogP contribution in [0.2, 0.25) is 0 Å². The van der Waals surface area contributed by atoms with E-state index in [1.54, 1.807) is 41.5 Å². The summed E-state index contributed by atoms with van der Waals surface area (Å²) in [7, 11) is 0. The third-order valence-electron chi connectivity index (χ3n) is 7.98. The lowest BCUT2D eigenvalue weighted by Crippen LogP contribution is -2.58. The van der Waals surface area contributed by atoms with E-state index in [2.05, 4.69) is 26.6 Å². The third-order valence-corrected chi connectivity index (χ3v) is 8.63. The zero-order chi connectivity index (χ0) is 38.2. The molecule has 0 fully saturated rings. The lowest BCUT2D eigenvalue weighted by atomic mass is 9.91. The lowest BCUT2D eigenvalue weighted by Gasteiger charge is -2.31. The van der Waals surface area contributed by atoms with Gasteiger partial charge in [-0.25, -0.2) is 4.79 Å². The number of aliphatic hydroxyl groups excluding tert-OH is 1. The summed E-state index contributed by atoms with van der Waals surface area (Å²) in [5.41, 5.74) is 0.192. The number of rotatable bonds is 20. The average Bonchev–Trinajstić information content (AvgIpc) is 3.01. The van der Waals surface area contributed by atoms with Crippen molar-refractivity contribution in [2.24, 2.45) is 23.7 Å². The quantitative estimate of drug-likeness (QED) is 0.117. The van der Waals surface area contributed by atoms with E-state index in [0.29, 0.717) is 25.1 Å². The molecular formula is C37H63N5O7S. The third kappa shape index (κ3) is 17.1. The summed E-state index contributed by atoms with van der Waals surface area (Å²) in [6.45, 7) is 18.4. The predicted molar refractivity (Wildman–Crippen MR) is 199 cm³/mol. The number of amides is 5. The summed E-state index contributed by atoms with van der Waals surface area (Å²) in [6.07, 6.45) is 0.865. The van der Waals surface area contributed by atoms with Crippen molar-refractivity contribution >= 4 is 41.5 Å². The smallest absolute Gasteiger partial charge is 0.408 e. The summed E-state index contributed by atoms with van der Waals surface area (Å²) in [4.78, 5) is 65.8. The molecule has 12 nitrogen and oxygen atoms in total. The fourth-order valence-electron chi connectivity index (χ4n) is 5.20. The second-order valence-electron chi connectivity index (χ2n) is 15.1. The number of thioether (sulfide) groups is 1. The van der Waals surface area contributed by atoms with Crippen molar-refractivity contribution in [3.05, 3.63) is 35.9 Å². The maximum absolute atomic E-state index is 13.7. The Balaban J connectivity index is 3.00. The van der Waals surface area contributed by atoms with Crippen LogP contribution in [-0.4, -0.2) is 82.7 Å². The average molecular weight is 722 g/mol. The molecule has 0 aliphatic rings. The molecule has 0 aliphatic carbocycles. The van der Waals surface area contributed by atoms with Crippen LogP contribution in [0.5, 0.6) is 0 Å². The molecule has 3 unspecified atom stereocenters. The number of aliphatic hydroxyl groups is 1. The predicted octanol–water partition coefficient (Wildman–Crippen LogP) is 4.15. The second-order valence-corrected chi connectivity index (χ2v) is 16.1. The minimum atomic E-state index is -1.08. The van der Waals surface area contributed by atoms with Crippen LogP contribution < -0.4 is 26.6 Å². The molecule has 0 radical (unpaired) electrons. The van der Waals surface area contributed by atoms with Gasteiger partial charge in [-0.2, -0.15) is 11.8 Å². The largest absolute Gasteiger partial charge is 0.444 e. The van der Waals surface area contributed by atoms with E-state index in [1.165, 1.54) is 11.8 Å². The van der Waals surface area contributed by atoms with Crippen LogP contribution in [-0.2, 0) is 30.5 Å². The van der Waals surface area contributed by atoms with Gasteiger partial charge in [-0.3, -0.25) is 19.2 Å². The molecular weight excluding hydrogens is 659 g/mol. The number of benzene rings is 1. The van der Waals surface area contributed by atoms with Gasteiger partial charge in [-0.05, 0) is 75.4 Å². The summed E-state index contributed by atoms with van der Waals surface area (Å²) in [6, 6.07) is 6.14. The Bertz CT molecular complexity index is 1220. The van der Waals surface area contributed by atoms with Crippen LogP contribution in [0.4, 0.5) is 4.79 Å². The van der Waals surface area contributed by atoms with Gasteiger partial charge in [-0.15, -0.1) is 0 Å². The molecule has 0 bridgehead atoms. The molecule has 0 aromatic heterocycles. The lowest BCUT2D eigenvalue weighted by molar-refractivity contribution is -0.133. The van der Waals surface area contributed by atoms with E-state index < -0.39 is 59.7 Å². The molecule has 0 saturated carbocycles. The molecule has 5 amide bonds. The molecule has 284 valence electrons. The number of alkyl carbamates (subject to hydrolysis) is 1. The second kappa shape index (κ2) is 21.8. The van der Waals surface area contributed by atoms with Gasteiger partial charge in [0.25, 0.3) is 0 Å². The Morgan fingerprint density at radius 1 is 0.760 bits per heavy atom. The molecule has 50 heavy (non-hydrogen) atoms. The number of carbonyl (C=O) groups excluding carboxylic acids is 5.